The first-order chi connectivity index (χ1) is 20.7. The van der Waals surface area contributed by atoms with Crippen molar-refractivity contribution < 1.29 is 23.5 Å². The van der Waals surface area contributed by atoms with Crippen LogP contribution in [0.5, 0.6) is 6.01 Å². The summed E-state index contributed by atoms with van der Waals surface area (Å²) in [6.45, 7) is 2.00. The summed E-state index contributed by atoms with van der Waals surface area (Å²) < 4.78 is 29.3. The number of carbonyl (C=O) groups excluding carboxylic acids is 2. The summed E-state index contributed by atoms with van der Waals surface area (Å²) in [5, 5.41) is 2.99. The van der Waals surface area contributed by atoms with Crippen LogP contribution in [0.3, 0.4) is 0 Å². The minimum Gasteiger partial charge on any atom is -0.467 e. The lowest BCUT2D eigenvalue weighted by Crippen LogP contribution is -2.41. The number of pyridine rings is 1. The molecule has 1 aliphatic carbocycles. The van der Waals surface area contributed by atoms with Gasteiger partial charge in [0.25, 0.3) is 11.5 Å². The second-order valence-corrected chi connectivity index (χ2v) is 10.7. The molecule has 0 saturated carbocycles. The van der Waals surface area contributed by atoms with E-state index in [9.17, 15) is 14.4 Å². The highest BCUT2D eigenvalue weighted by molar-refractivity contribution is 6.07. The molecular formula is C31H31FN6O5. The number of anilines is 3. The molecule has 1 N–H and O–H groups in total. The smallest absolute Gasteiger partial charge is 0.318 e. The molecule has 2 aliphatic rings. The van der Waals surface area contributed by atoms with Crippen LogP contribution in [-0.2, 0) is 42.6 Å². The molecule has 0 atom stereocenters. The van der Waals surface area contributed by atoms with Crippen molar-refractivity contribution in [2.75, 3.05) is 23.9 Å². The third-order valence-electron chi connectivity index (χ3n) is 7.89. The SMILES string of the molecule is COc1nccc(Nc2cc(-c3cc(F)cc(N4CCn5c(cc6c5CCCC6)C4=O)c3COC(C)=O)cn(C)c2=O)n1. The van der Waals surface area contributed by atoms with Crippen LogP contribution in [-0.4, -0.2) is 44.6 Å². The van der Waals surface area contributed by atoms with Gasteiger partial charge in [0.2, 0.25) is 0 Å². The Balaban J connectivity index is 1.45. The molecule has 0 fully saturated rings. The first-order valence-electron chi connectivity index (χ1n) is 14.1. The molecule has 11 nitrogen and oxygen atoms in total. The van der Waals surface area contributed by atoms with Crippen LogP contribution in [0.15, 0.2) is 47.5 Å². The zero-order valence-electron chi connectivity index (χ0n) is 24.1. The van der Waals surface area contributed by atoms with Gasteiger partial charge in [0, 0.05) is 56.3 Å². The summed E-state index contributed by atoms with van der Waals surface area (Å²) in [4.78, 5) is 48.6. The molecule has 6 rings (SSSR count). The number of carbonyl (C=O) groups is 2. The molecule has 4 aromatic rings. The summed E-state index contributed by atoms with van der Waals surface area (Å²) in [5.41, 5.74) is 4.41. The number of esters is 1. The van der Waals surface area contributed by atoms with Crippen molar-refractivity contribution in [2.24, 2.45) is 7.05 Å². The fourth-order valence-corrected chi connectivity index (χ4v) is 5.91. The predicted molar refractivity (Wildman–Crippen MR) is 157 cm³/mol. The van der Waals surface area contributed by atoms with E-state index in [0.29, 0.717) is 47.0 Å². The molecule has 1 amide bonds. The van der Waals surface area contributed by atoms with E-state index in [0.717, 1.165) is 25.7 Å². The standard InChI is InChI=1S/C31H31FN6O5/c1-18(39)43-17-23-22(20-12-24(29(40)36(2)16-20)34-28-8-9-33-31(35-28)42-3)14-21(32)15-26(23)38-11-10-37-25-7-5-4-6-19(25)13-27(37)30(38)41/h8-9,12-16H,4-7,10-11,17H2,1-3H3,(H,33,34,35). The van der Waals surface area contributed by atoms with Gasteiger partial charge in [0.1, 0.15) is 29.6 Å². The second-order valence-electron chi connectivity index (χ2n) is 10.7. The number of rotatable bonds is 7. The highest BCUT2D eigenvalue weighted by atomic mass is 19.1. The minimum atomic E-state index is -0.575. The van der Waals surface area contributed by atoms with Crippen molar-refractivity contribution in [3.05, 3.63) is 81.4 Å². The van der Waals surface area contributed by atoms with Crippen LogP contribution in [0, 0.1) is 5.82 Å². The maximum absolute atomic E-state index is 15.4. The highest BCUT2D eigenvalue weighted by Crippen LogP contribution is 2.37. The van der Waals surface area contributed by atoms with Crippen molar-refractivity contribution in [2.45, 2.75) is 45.8 Å². The van der Waals surface area contributed by atoms with Gasteiger partial charge in [-0.1, -0.05) is 0 Å². The number of benzene rings is 1. The minimum absolute atomic E-state index is 0.120. The number of aryl methyl sites for hydroxylation is 2. The fraction of sp³-hybridized carbons (Fsp3) is 0.323. The zero-order chi connectivity index (χ0) is 30.2. The van der Waals surface area contributed by atoms with E-state index < -0.39 is 11.8 Å². The van der Waals surface area contributed by atoms with Gasteiger partial charge >= 0.3 is 12.0 Å². The molecular weight excluding hydrogens is 555 g/mol. The number of halogens is 1. The average molecular weight is 587 g/mol. The van der Waals surface area contributed by atoms with Crippen molar-refractivity contribution in [3.63, 3.8) is 0 Å². The van der Waals surface area contributed by atoms with E-state index in [1.54, 1.807) is 30.3 Å². The maximum atomic E-state index is 15.4. The molecule has 43 heavy (non-hydrogen) atoms. The van der Waals surface area contributed by atoms with Crippen LogP contribution in [0.2, 0.25) is 0 Å². The normalized spacial score (nSPS) is 14.2. The fourth-order valence-electron chi connectivity index (χ4n) is 5.91. The Morgan fingerprint density at radius 2 is 1.93 bits per heavy atom. The summed E-state index contributed by atoms with van der Waals surface area (Å²) in [6.07, 6.45) is 7.12. The van der Waals surface area contributed by atoms with E-state index in [1.807, 2.05) is 6.07 Å². The van der Waals surface area contributed by atoms with E-state index in [2.05, 4.69) is 19.9 Å². The topological polar surface area (TPSA) is 121 Å². The molecule has 0 spiro atoms. The Morgan fingerprint density at radius 3 is 2.72 bits per heavy atom. The lowest BCUT2D eigenvalue weighted by molar-refractivity contribution is -0.142. The van der Waals surface area contributed by atoms with Gasteiger partial charge < -0.3 is 28.8 Å². The molecule has 0 saturated heterocycles. The Kier molecular flexibility index (Phi) is 7.43. The van der Waals surface area contributed by atoms with Crippen LogP contribution < -0.4 is 20.5 Å². The van der Waals surface area contributed by atoms with Crippen LogP contribution in [0.1, 0.15) is 47.1 Å². The molecule has 1 aliphatic heterocycles. The quantitative estimate of drug-likeness (QED) is 0.321. The number of ether oxygens (including phenoxy) is 2. The molecule has 0 bridgehead atoms. The first kappa shape index (κ1) is 28.1. The van der Waals surface area contributed by atoms with Crippen molar-refractivity contribution in [1.82, 2.24) is 19.1 Å². The van der Waals surface area contributed by atoms with Crippen LogP contribution in [0.25, 0.3) is 11.1 Å². The van der Waals surface area contributed by atoms with Gasteiger partial charge in [-0.3, -0.25) is 14.4 Å². The zero-order valence-corrected chi connectivity index (χ0v) is 24.1. The van der Waals surface area contributed by atoms with Crippen molar-refractivity contribution in [1.29, 1.82) is 0 Å². The van der Waals surface area contributed by atoms with Crippen molar-refractivity contribution >= 4 is 29.1 Å². The highest BCUT2D eigenvalue weighted by Gasteiger charge is 2.32. The van der Waals surface area contributed by atoms with Gasteiger partial charge in [0.05, 0.1) is 12.8 Å². The van der Waals surface area contributed by atoms with Gasteiger partial charge in [-0.25, -0.2) is 9.37 Å². The van der Waals surface area contributed by atoms with E-state index in [-0.39, 0.29) is 29.8 Å². The average Bonchev–Trinajstić information content (AvgIpc) is 3.38. The number of methoxy groups -OCH3 is 1. The summed E-state index contributed by atoms with van der Waals surface area (Å²) >= 11 is 0. The molecule has 0 radical (unpaired) electrons. The molecule has 4 heterocycles. The number of hydrogen-bond acceptors (Lipinski definition) is 8. The number of hydrogen-bond donors (Lipinski definition) is 1. The van der Waals surface area contributed by atoms with Gasteiger partial charge in [-0.15, -0.1) is 0 Å². The molecule has 3 aromatic heterocycles. The second kappa shape index (κ2) is 11.3. The molecule has 222 valence electrons. The Labute approximate surface area is 246 Å². The van der Waals surface area contributed by atoms with Crippen LogP contribution in [0.4, 0.5) is 21.6 Å². The summed E-state index contributed by atoms with van der Waals surface area (Å²) in [5.74, 6) is -1.01. The van der Waals surface area contributed by atoms with E-state index in [4.69, 9.17) is 9.47 Å². The maximum Gasteiger partial charge on any atom is 0.318 e. The lowest BCUT2D eigenvalue weighted by atomic mass is 9.97. The number of nitrogens with one attached hydrogen (secondary N) is 1. The molecule has 12 heteroatoms. The van der Waals surface area contributed by atoms with Gasteiger partial charge in [-0.05, 0) is 67.1 Å². The third-order valence-corrected chi connectivity index (χ3v) is 7.89. The van der Waals surface area contributed by atoms with E-state index >= 15 is 4.39 Å². The number of fused-ring (bicyclic) bond motifs is 3. The predicted octanol–water partition coefficient (Wildman–Crippen LogP) is 4.14. The summed E-state index contributed by atoms with van der Waals surface area (Å²) in [7, 11) is 3.01. The molecule has 0 unspecified atom stereocenters. The Hall–Kier alpha value is -5.00. The monoisotopic (exact) mass is 586 g/mol. The van der Waals surface area contributed by atoms with Gasteiger partial charge in [-0.2, -0.15) is 4.98 Å². The van der Waals surface area contributed by atoms with Crippen LogP contribution >= 0.6 is 0 Å². The largest absolute Gasteiger partial charge is 0.467 e. The third kappa shape index (κ3) is 5.36. The van der Waals surface area contributed by atoms with E-state index in [1.165, 1.54) is 48.2 Å². The van der Waals surface area contributed by atoms with Gasteiger partial charge in [0.15, 0.2) is 0 Å². The first-order valence-corrected chi connectivity index (χ1v) is 14.1. The molecule has 1 aromatic carbocycles. The Morgan fingerprint density at radius 1 is 1.12 bits per heavy atom. The lowest BCUT2D eigenvalue weighted by Gasteiger charge is -2.32. The number of amides is 1. The Bertz CT molecular complexity index is 1810. The van der Waals surface area contributed by atoms with Crippen molar-refractivity contribution in [3.8, 4) is 17.1 Å². The number of aromatic nitrogens is 4. The number of nitrogens with zero attached hydrogens (tertiary/aromatic N) is 5. The summed E-state index contributed by atoms with van der Waals surface area (Å²) in [6, 6.07) is 7.85.